The number of hydrogen-bond donors (Lipinski definition) is 2. The highest BCUT2D eigenvalue weighted by molar-refractivity contribution is 6.31. The van der Waals surface area contributed by atoms with Crippen LogP contribution in [0.1, 0.15) is 11.3 Å². The third-order valence-corrected chi connectivity index (χ3v) is 2.85. The minimum absolute atomic E-state index is 0.0244. The Bertz CT molecular complexity index is 714. The number of aromatic amines is 1. The maximum absolute atomic E-state index is 12.9. The van der Waals surface area contributed by atoms with Crippen molar-refractivity contribution in [2.24, 2.45) is 0 Å². The third kappa shape index (κ3) is 3.94. The predicted molar refractivity (Wildman–Crippen MR) is 68.6 cm³/mol. The maximum atomic E-state index is 12.9. The minimum Gasteiger partial charge on any atom is -0.352 e. The van der Waals surface area contributed by atoms with Crippen molar-refractivity contribution in [1.29, 1.82) is 0 Å². The number of benzene rings is 1. The zero-order valence-corrected chi connectivity index (χ0v) is 11.0. The van der Waals surface area contributed by atoms with Crippen molar-refractivity contribution in [2.45, 2.75) is 12.7 Å². The van der Waals surface area contributed by atoms with Crippen molar-refractivity contribution >= 4 is 17.5 Å². The van der Waals surface area contributed by atoms with Gasteiger partial charge < -0.3 is 5.32 Å². The molecule has 21 heavy (non-hydrogen) atoms. The molecule has 4 nitrogen and oxygen atoms in total. The normalized spacial score (nSPS) is 11.5. The minimum atomic E-state index is -4.72. The number of nitrogens with one attached hydrogen (secondary N) is 2. The van der Waals surface area contributed by atoms with E-state index in [0.29, 0.717) is 11.6 Å². The smallest absolute Gasteiger partial charge is 0.352 e. The fraction of sp³-hybridized carbons (Fsp3) is 0.167. The molecule has 1 aromatic heterocycles. The molecule has 112 valence electrons. The van der Waals surface area contributed by atoms with Crippen LogP contribution in [0.15, 0.2) is 29.1 Å². The number of halogens is 5. The van der Waals surface area contributed by atoms with Gasteiger partial charge in [0.25, 0.3) is 5.56 Å². The quantitative estimate of drug-likeness (QED) is 0.854. The van der Waals surface area contributed by atoms with Crippen molar-refractivity contribution < 1.29 is 17.6 Å². The van der Waals surface area contributed by atoms with Crippen LogP contribution in [0, 0.1) is 5.82 Å². The summed E-state index contributed by atoms with van der Waals surface area (Å²) in [5, 5.41) is 2.61. The number of hydrogen-bond acceptors (Lipinski definition) is 3. The highest BCUT2D eigenvalue weighted by Gasteiger charge is 2.33. The standard InChI is InChI=1S/C12H8ClF4N3O/c13-8-3-7(14)2-1-6(8)5-18-11-19-9(12(15,16)17)4-10(21)20-11/h1-4H,5H2,(H2,18,19,20,21). The van der Waals surface area contributed by atoms with Gasteiger partial charge in [-0.15, -0.1) is 0 Å². The Morgan fingerprint density at radius 2 is 2.00 bits per heavy atom. The van der Waals surface area contributed by atoms with Crippen LogP contribution < -0.4 is 10.9 Å². The fourth-order valence-corrected chi connectivity index (χ4v) is 1.76. The zero-order chi connectivity index (χ0) is 15.6. The topological polar surface area (TPSA) is 57.8 Å². The molecule has 0 atom stereocenters. The lowest BCUT2D eigenvalue weighted by Crippen LogP contribution is -2.18. The molecule has 0 bridgehead atoms. The molecule has 0 saturated heterocycles. The molecule has 2 N–H and O–H groups in total. The first-order valence-electron chi connectivity index (χ1n) is 5.62. The first kappa shape index (κ1) is 15.3. The van der Waals surface area contributed by atoms with Crippen molar-refractivity contribution in [3.05, 3.63) is 56.7 Å². The Morgan fingerprint density at radius 1 is 1.29 bits per heavy atom. The largest absolute Gasteiger partial charge is 0.433 e. The van der Waals surface area contributed by atoms with Crippen LogP contribution >= 0.6 is 11.6 Å². The molecule has 0 aliphatic carbocycles. The number of nitrogens with zero attached hydrogens (tertiary/aromatic N) is 1. The average Bonchev–Trinajstić information content (AvgIpc) is 2.36. The molecule has 2 aromatic rings. The summed E-state index contributed by atoms with van der Waals surface area (Å²) in [7, 11) is 0. The Hall–Kier alpha value is -2.09. The average molecular weight is 322 g/mol. The van der Waals surface area contributed by atoms with Gasteiger partial charge in [-0.05, 0) is 17.7 Å². The van der Waals surface area contributed by atoms with Gasteiger partial charge in [-0.2, -0.15) is 13.2 Å². The molecule has 1 aromatic carbocycles. The highest BCUT2D eigenvalue weighted by Crippen LogP contribution is 2.27. The Morgan fingerprint density at radius 3 is 2.62 bits per heavy atom. The number of anilines is 1. The van der Waals surface area contributed by atoms with E-state index in [0.717, 1.165) is 12.1 Å². The van der Waals surface area contributed by atoms with Crippen LogP contribution in [0.5, 0.6) is 0 Å². The molecule has 0 unspecified atom stereocenters. The van der Waals surface area contributed by atoms with Crippen LogP contribution in [0.4, 0.5) is 23.5 Å². The molecule has 2 rings (SSSR count). The van der Waals surface area contributed by atoms with Crippen LogP contribution in [0.2, 0.25) is 5.02 Å². The molecule has 0 aliphatic heterocycles. The van der Waals surface area contributed by atoms with Gasteiger partial charge in [0.2, 0.25) is 5.95 Å². The van der Waals surface area contributed by atoms with E-state index < -0.39 is 23.2 Å². The summed E-state index contributed by atoms with van der Waals surface area (Å²) in [6.45, 7) is -0.0244. The monoisotopic (exact) mass is 321 g/mol. The van der Waals surface area contributed by atoms with Gasteiger partial charge in [0.1, 0.15) is 5.82 Å². The second-order valence-corrected chi connectivity index (χ2v) is 4.47. The van der Waals surface area contributed by atoms with Crippen molar-refractivity contribution in [3.8, 4) is 0 Å². The van der Waals surface area contributed by atoms with E-state index in [4.69, 9.17) is 11.6 Å². The number of alkyl halides is 3. The second-order valence-electron chi connectivity index (χ2n) is 4.07. The SMILES string of the molecule is O=c1cc(C(F)(F)F)nc(NCc2ccc(F)cc2Cl)[nH]1. The number of aromatic nitrogens is 2. The molecule has 0 saturated carbocycles. The molecule has 0 fully saturated rings. The van der Waals surface area contributed by atoms with Crippen molar-refractivity contribution in [2.75, 3.05) is 5.32 Å². The summed E-state index contributed by atoms with van der Waals surface area (Å²) in [4.78, 5) is 16.6. The molecular formula is C12H8ClF4N3O. The van der Waals surface area contributed by atoms with E-state index in [2.05, 4.69) is 15.3 Å². The second kappa shape index (κ2) is 5.72. The molecule has 0 spiro atoms. The lowest BCUT2D eigenvalue weighted by atomic mass is 10.2. The molecule has 0 radical (unpaired) electrons. The predicted octanol–water partition coefficient (Wildman–Crippen LogP) is 3.19. The van der Waals surface area contributed by atoms with Crippen molar-refractivity contribution in [1.82, 2.24) is 9.97 Å². The Kier molecular flexibility index (Phi) is 4.17. The number of rotatable bonds is 3. The molecule has 9 heteroatoms. The van der Waals surface area contributed by atoms with E-state index in [1.165, 1.54) is 6.07 Å². The summed E-state index contributed by atoms with van der Waals surface area (Å²) >= 11 is 5.78. The lowest BCUT2D eigenvalue weighted by molar-refractivity contribution is -0.141. The summed E-state index contributed by atoms with van der Waals surface area (Å²) in [6, 6.07) is 3.96. The van der Waals surface area contributed by atoms with E-state index in [1.807, 2.05) is 0 Å². The molecular weight excluding hydrogens is 314 g/mol. The first-order chi connectivity index (χ1) is 9.75. The highest BCUT2D eigenvalue weighted by atomic mass is 35.5. The van der Waals surface area contributed by atoms with E-state index >= 15 is 0 Å². The Balaban J connectivity index is 2.20. The van der Waals surface area contributed by atoms with Gasteiger partial charge in [-0.25, -0.2) is 9.37 Å². The van der Waals surface area contributed by atoms with Crippen LogP contribution in [0.3, 0.4) is 0 Å². The lowest BCUT2D eigenvalue weighted by Gasteiger charge is -2.10. The van der Waals surface area contributed by atoms with E-state index in [1.54, 1.807) is 0 Å². The number of H-pyrrole nitrogens is 1. The summed E-state index contributed by atoms with van der Waals surface area (Å²) < 4.78 is 50.4. The zero-order valence-electron chi connectivity index (χ0n) is 10.3. The summed E-state index contributed by atoms with van der Waals surface area (Å²) in [5.74, 6) is -0.885. The van der Waals surface area contributed by atoms with Gasteiger partial charge in [-0.3, -0.25) is 9.78 Å². The van der Waals surface area contributed by atoms with Crippen molar-refractivity contribution in [3.63, 3.8) is 0 Å². The maximum Gasteiger partial charge on any atom is 0.433 e. The van der Waals surface area contributed by atoms with Crippen LogP contribution in [-0.4, -0.2) is 9.97 Å². The summed E-state index contributed by atoms with van der Waals surface area (Å²) in [6.07, 6.45) is -4.72. The van der Waals surface area contributed by atoms with Crippen LogP contribution in [0.25, 0.3) is 0 Å². The van der Waals surface area contributed by atoms with Gasteiger partial charge in [0.05, 0.1) is 0 Å². The van der Waals surface area contributed by atoms with Gasteiger partial charge in [0.15, 0.2) is 5.69 Å². The van der Waals surface area contributed by atoms with E-state index in [9.17, 15) is 22.4 Å². The molecule has 0 amide bonds. The summed E-state index contributed by atoms with van der Waals surface area (Å²) in [5.41, 5.74) is -1.80. The third-order valence-electron chi connectivity index (χ3n) is 2.49. The Labute approximate surface area is 120 Å². The van der Waals surface area contributed by atoms with Gasteiger partial charge in [-0.1, -0.05) is 17.7 Å². The molecule has 0 aliphatic rings. The van der Waals surface area contributed by atoms with E-state index in [-0.39, 0.29) is 17.5 Å². The molecule has 1 heterocycles. The first-order valence-corrected chi connectivity index (χ1v) is 6.00. The van der Waals surface area contributed by atoms with Gasteiger partial charge in [0, 0.05) is 17.6 Å². The van der Waals surface area contributed by atoms with Gasteiger partial charge >= 0.3 is 6.18 Å². The van der Waals surface area contributed by atoms with Crippen LogP contribution in [-0.2, 0) is 12.7 Å². The fourth-order valence-electron chi connectivity index (χ4n) is 1.53.